The average molecular weight is 404 g/mol. The Kier molecular flexibility index (Phi) is 4.49. The van der Waals surface area contributed by atoms with Crippen LogP contribution in [0.4, 0.5) is 11.4 Å². The first-order valence-electron chi connectivity index (χ1n) is 11.2. The Hall–Kier alpha value is -3.52. The van der Waals surface area contributed by atoms with Crippen molar-refractivity contribution in [3.05, 3.63) is 96.6 Å². The molecule has 1 saturated carbocycles. The molecular formula is C29H25NO. The summed E-state index contributed by atoms with van der Waals surface area (Å²) < 4.78 is 6.01. The molecule has 0 radical (unpaired) electrons. The molecule has 0 amide bonds. The maximum Gasteiger partial charge on any atom is 0.137 e. The monoisotopic (exact) mass is 403 g/mol. The molecule has 2 heteroatoms. The fourth-order valence-corrected chi connectivity index (χ4v) is 4.99. The highest BCUT2D eigenvalue weighted by Gasteiger charge is 2.16. The molecule has 1 fully saturated rings. The second-order valence-corrected chi connectivity index (χ2v) is 8.58. The van der Waals surface area contributed by atoms with Gasteiger partial charge in [-0.15, -0.1) is 0 Å². The molecule has 1 aliphatic carbocycles. The molecule has 152 valence electrons. The van der Waals surface area contributed by atoms with Gasteiger partial charge in [-0.2, -0.15) is 0 Å². The number of fused-ring (bicyclic) bond motifs is 3. The lowest BCUT2D eigenvalue weighted by Crippen LogP contribution is -1.92. The van der Waals surface area contributed by atoms with Crippen LogP contribution < -0.4 is 5.32 Å². The average Bonchev–Trinajstić information content (AvgIpc) is 3.48. The van der Waals surface area contributed by atoms with Crippen LogP contribution in [0.3, 0.4) is 0 Å². The SMILES string of the molecule is c1ccc2c(c1)oc1cccc(Nc3ccc(-c4ccc(C5CCCC5)cc4)cc3)c12. The zero-order valence-electron chi connectivity index (χ0n) is 17.5. The number of benzene rings is 4. The van der Waals surface area contributed by atoms with Gasteiger partial charge in [0.1, 0.15) is 11.2 Å². The van der Waals surface area contributed by atoms with Crippen molar-refractivity contribution >= 4 is 33.3 Å². The van der Waals surface area contributed by atoms with Crippen molar-refractivity contribution in [2.75, 3.05) is 5.32 Å². The number of furan rings is 1. The summed E-state index contributed by atoms with van der Waals surface area (Å²) in [5, 5.41) is 5.86. The maximum atomic E-state index is 6.01. The third kappa shape index (κ3) is 3.38. The molecule has 0 atom stereocenters. The molecule has 6 rings (SSSR count). The zero-order chi connectivity index (χ0) is 20.6. The molecule has 0 saturated heterocycles. The van der Waals surface area contributed by atoms with Crippen LogP contribution in [0.25, 0.3) is 33.1 Å². The van der Waals surface area contributed by atoms with Crippen LogP contribution in [-0.2, 0) is 0 Å². The van der Waals surface area contributed by atoms with Gasteiger partial charge in [0.25, 0.3) is 0 Å². The number of nitrogens with one attached hydrogen (secondary N) is 1. The van der Waals surface area contributed by atoms with Gasteiger partial charge in [0.05, 0.1) is 11.1 Å². The summed E-state index contributed by atoms with van der Waals surface area (Å²) >= 11 is 0. The number of anilines is 2. The van der Waals surface area contributed by atoms with Gasteiger partial charge in [-0.1, -0.05) is 73.5 Å². The summed E-state index contributed by atoms with van der Waals surface area (Å²) in [4.78, 5) is 0. The second kappa shape index (κ2) is 7.63. The topological polar surface area (TPSA) is 25.2 Å². The Morgan fingerprint density at radius 1 is 0.645 bits per heavy atom. The van der Waals surface area contributed by atoms with Crippen LogP contribution in [0.5, 0.6) is 0 Å². The van der Waals surface area contributed by atoms with Gasteiger partial charge in [-0.3, -0.25) is 0 Å². The van der Waals surface area contributed by atoms with E-state index in [-0.39, 0.29) is 0 Å². The van der Waals surface area contributed by atoms with Gasteiger partial charge in [0.2, 0.25) is 0 Å². The maximum absolute atomic E-state index is 6.01. The fraction of sp³-hybridized carbons (Fsp3) is 0.172. The molecule has 1 aliphatic rings. The third-order valence-electron chi connectivity index (χ3n) is 6.64. The van der Waals surface area contributed by atoms with E-state index in [2.05, 4.69) is 72.0 Å². The Balaban J connectivity index is 1.27. The lowest BCUT2D eigenvalue weighted by Gasteiger charge is -2.11. The molecule has 1 N–H and O–H groups in total. The van der Waals surface area contributed by atoms with Crippen LogP contribution >= 0.6 is 0 Å². The van der Waals surface area contributed by atoms with Gasteiger partial charge in [0.15, 0.2) is 0 Å². The molecule has 5 aromatic rings. The van der Waals surface area contributed by atoms with Gasteiger partial charge < -0.3 is 9.73 Å². The Morgan fingerprint density at radius 2 is 1.32 bits per heavy atom. The highest BCUT2D eigenvalue weighted by molar-refractivity contribution is 6.11. The van der Waals surface area contributed by atoms with E-state index >= 15 is 0 Å². The van der Waals surface area contributed by atoms with E-state index in [9.17, 15) is 0 Å². The number of hydrogen-bond acceptors (Lipinski definition) is 2. The Bertz CT molecular complexity index is 1340. The van der Waals surface area contributed by atoms with Crippen molar-refractivity contribution < 1.29 is 4.42 Å². The molecule has 0 unspecified atom stereocenters. The third-order valence-corrected chi connectivity index (χ3v) is 6.64. The predicted molar refractivity (Wildman–Crippen MR) is 130 cm³/mol. The van der Waals surface area contributed by atoms with E-state index in [1.165, 1.54) is 42.4 Å². The van der Waals surface area contributed by atoms with Gasteiger partial charge in [-0.25, -0.2) is 0 Å². The van der Waals surface area contributed by atoms with Crippen molar-refractivity contribution in [3.63, 3.8) is 0 Å². The molecule has 2 nitrogen and oxygen atoms in total. The lowest BCUT2D eigenvalue weighted by atomic mass is 9.95. The van der Waals surface area contributed by atoms with E-state index < -0.39 is 0 Å². The van der Waals surface area contributed by atoms with E-state index in [1.54, 1.807) is 0 Å². The molecule has 31 heavy (non-hydrogen) atoms. The number of hydrogen-bond donors (Lipinski definition) is 1. The van der Waals surface area contributed by atoms with E-state index in [4.69, 9.17) is 4.42 Å². The van der Waals surface area contributed by atoms with Crippen LogP contribution in [0, 0.1) is 0 Å². The summed E-state index contributed by atoms with van der Waals surface area (Å²) in [5.41, 5.74) is 7.99. The lowest BCUT2D eigenvalue weighted by molar-refractivity contribution is 0.669. The largest absolute Gasteiger partial charge is 0.456 e. The summed E-state index contributed by atoms with van der Waals surface area (Å²) in [6.07, 6.45) is 5.45. The summed E-state index contributed by atoms with van der Waals surface area (Å²) in [6, 6.07) is 32.3. The Morgan fingerprint density at radius 3 is 2.10 bits per heavy atom. The molecule has 4 aromatic carbocycles. The van der Waals surface area contributed by atoms with Crippen molar-refractivity contribution in [1.29, 1.82) is 0 Å². The molecule has 1 aromatic heterocycles. The standard InChI is InChI=1S/C29H25NO/c1-2-7-20(6-1)21-12-14-22(15-13-21)23-16-18-24(19-17-23)30-26-9-5-11-28-29(26)25-8-3-4-10-27(25)31-28/h3-5,8-20,30H,1-2,6-7H2. The zero-order valence-corrected chi connectivity index (χ0v) is 17.5. The van der Waals surface area contributed by atoms with Crippen molar-refractivity contribution in [2.45, 2.75) is 31.6 Å². The normalized spacial score (nSPS) is 14.5. The molecule has 1 heterocycles. The van der Waals surface area contributed by atoms with Crippen molar-refractivity contribution in [1.82, 2.24) is 0 Å². The highest BCUT2D eigenvalue weighted by Crippen LogP contribution is 2.37. The summed E-state index contributed by atoms with van der Waals surface area (Å²) in [6.45, 7) is 0. The first-order valence-corrected chi connectivity index (χ1v) is 11.2. The first-order chi connectivity index (χ1) is 15.3. The van der Waals surface area contributed by atoms with E-state index in [1.807, 2.05) is 24.3 Å². The minimum Gasteiger partial charge on any atom is -0.456 e. The van der Waals surface area contributed by atoms with Gasteiger partial charge >= 0.3 is 0 Å². The smallest absolute Gasteiger partial charge is 0.137 e. The van der Waals surface area contributed by atoms with Crippen LogP contribution in [0.1, 0.15) is 37.2 Å². The van der Waals surface area contributed by atoms with Gasteiger partial charge in [-0.05, 0) is 65.8 Å². The molecule has 0 spiro atoms. The fourth-order valence-electron chi connectivity index (χ4n) is 4.99. The summed E-state index contributed by atoms with van der Waals surface area (Å²) in [5.74, 6) is 0.766. The van der Waals surface area contributed by atoms with E-state index in [0.29, 0.717) is 0 Å². The highest BCUT2D eigenvalue weighted by atomic mass is 16.3. The second-order valence-electron chi connectivity index (χ2n) is 8.58. The van der Waals surface area contributed by atoms with E-state index in [0.717, 1.165) is 39.2 Å². The molecule has 0 bridgehead atoms. The Labute approximate surface area is 182 Å². The van der Waals surface area contributed by atoms with Crippen LogP contribution in [0.2, 0.25) is 0 Å². The molecule has 0 aliphatic heterocycles. The first kappa shape index (κ1) is 18.3. The van der Waals surface area contributed by atoms with Crippen molar-refractivity contribution in [2.24, 2.45) is 0 Å². The van der Waals surface area contributed by atoms with Crippen molar-refractivity contribution in [3.8, 4) is 11.1 Å². The van der Waals surface area contributed by atoms with Crippen LogP contribution in [-0.4, -0.2) is 0 Å². The van der Waals surface area contributed by atoms with Gasteiger partial charge in [0, 0.05) is 11.1 Å². The minimum absolute atomic E-state index is 0.766. The molecular weight excluding hydrogens is 378 g/mol. The predicted octanol–water partition coefficient (Wildman–Crippen LogP) is 8.65. The number of para-hydroxylation sites is 1. The minimum atomic E-state index is 0.766. The summed E-state index contributed by atoms with van der Waals surface area (Å²) in [7, 11) is 0. The quantitative estimate of drug-likeness (QED) is 0.325. The number of rotatable bonds is 4. The van der Waals surface area contributed by atoms with Crippen LogP contribution in [0.15, 0.2) is 95.4 Å².